The van der Waals surface area contributed by atoms with E-state index < -0.39 is 48.2 Å². The van der Waals surface area contributed by atoms with Crippen molar-refractivity contribution in [2.75, 3.05) is 11.9 Å². The van der Waals surface area contributed by atoms with E-state index in [1.54, 1.807) is 40.7 Å². The van der Waals surface area contributed by atoms with E-state index in [1.807, 2.05) is 57.2 Å². The smallest absolute Gasteiger partial charge is 0.408 e. The summed E-state index contributed by atoms with van der Waals surface area (Å²) in [6.45, 7) is 13.7. The molecule has 3 amide bonds. The monoisotopic (exact) mass is 497 g/mol. The summed E-state index contributed by atoms with van der Waals surface area (Å²) in [5, 5.41) is 15.5. The van der Waals surface area contributed by atoms with E-state index >= 15 is 0 Å². The van der Waals surface area contributed by atoms with Crippen LogP contribution in [0.4, 0.5) is 10.5 Å². The lowest BCUT2D eigenvalue weighted by Crippen LogP contribution is -2.55. The number of hydrogen-bond donors (Lipinski definition) is 3. The predicted molar refractivity (Wildman–Crippen MR) is 141 cm³/mol. The van der Waals surface area contributed by atoms with Gasteiger partial charge in [0.1, 0.15) is 17.7 Å². The molecule has 0 aliphatic rings. The molecule has 8 heteroatoms. The Bertz CT molecular complexity index is 1070. The summed E-state index contributed by atoms with van der Waals surface area (Å²) in [6, 6.07) is 10.3. The van der Waals surface area contributed by atoms with Crippen LogP contribution in [0.15, 0.2) is 42.5 Å². The van der Waals surface area contributed by atoms with Crippen LogP contribution >= 0.6 is 0 Å². The first kappa shape index (κ1) is 28.8. The van der Waals surface area contributed by atoms with Crippen molar-refractivity contribution in [2.45, 2.75) is 79.1 Å². The molecule has 0 saturated carbocycles. The van der Waals surface area contributed by atoms with Crippen LogP contribution in [0.2, 0.25) is 0 Å². The number of aryl methyl sites for hydroxylation is 3. The number of aliphatic hydroxyl groups excluding tert-OH is 1. The van der Waals surface area contributed by atoms with Gasteiger partial charge in [-0.2, -0.15) is 0 Å². The molecular weight excluding hydrogens is 458 g/mol. The van der Waals surface area contributed by atoms with Gasteiger partial charge in [0.2, 0.25) is 5.91 Å². The number of rotatable bonds is 8. The Morgan fingerprint density at radius 1 is 0.944 bits per heavy atom. The van der Waals surface area contributed by atoms with Crippen molar-refractivity contribution >= 4 is 23.6 Å². The highest BCUT2D eigenvalue weighted by atomic mass is 16.6. The number of carbonyl (C=O) groups excluding carboxylic acids is 3. The number of ether oxygens (including phenoxy) is 1. The second-order valence-corrected chi connectivity index (χ2v) is 10.2. The molecule has 0 bridgehead atoms. The first-order valence-corrected chi connectivity index (χ1v) is 12.1. The maximum Gasteiger partial charge on any atom is 0.408 e. The Hall–Kier alpha value is -3.39. The van der Waals surface area contributed by atoms with Gasteiger partial charge >= 0.3 is 6.09 Å². The lowest BCUT2D eigenvalue weighted by Gasteiger charge is -2.38. The van der Waals surface area contributed by atoms with E-state index in [4.69, 9.17) is 4.74 Å². The van der Waals surface area contributed by atoms with Crippen LogP contribution in [0.25, 0.3) is 0 Å². The lowest BCUT2D eigenvalue weighted by atomic mass is 9.92. The quantitative estimate of drug-likeness (QED) is 0.501. The van der Waals surface area contributed by atoms with Gasteiger partial charge in [0.05, 0.1) is 6.61 Å². The summed E-state index contributed by atoms with van der Waals surface area (Å²) in [6.07, 6.45) is -0.827. The van der Waals surface area contributed by atoms with E-state index in [0.29, 0.717) is 11.3 Å². The Labute approximate surface area is 214 Å². The minimum atomic E-state index is -1.29. The summed E-state index contributed by atoms with van der Waals surface area (Å²) in [7, 11) is 0. The molecule has 0 heterocycles. The summed E-state index contributed by atoms with van der Waals surface area (Å²) in [4.78, 5) is 41.5. The number of anilines is 1. The molecule has 2 aromatic rings. The van der Waals surface area contributed by atoms with Crippen molar-refractivity contribution in [3.05, 3.63) is 64.7 Å². The second kappa shape index (κ2) is 12.0. The van der Waals surface area contributed by atoms with Gasteiger partial charge in [-0.3, -0.25) is 9.59 Å². The van der Waals surface area contributed by atoms with Gasteiger partial charge in [0.25, 0.3) is 5.91 Å². The maximum absolute atomic E-state index is 13.9. The molecule has 196 valence electrons. The van der Waals surface area contributed by atoms with E-state index in [1.165, 1.54) is 4.90 Å². The van der Waals surface area contributed by atoms with Crippen molar-refractivity contribution in [2.24, 2.45) is 0 Å². The third-order valence-electron chi connectivity index (χ3n) is 5.73. The molecule has 0 aromatic heterocycles. The number of hydrogen-bond acceptors (Lipinski definition) is 5. The summed E-state index contributed by atoms with van der Waals surface area (Å²) < 4.78 is 5.27. The summed E-state index contributed by atoms with van der Waals surface area (Å²) in [5.41, 5.74) is 3.13. The minimum Gasteiger partial charge on any atom is -0.444 e. The number of benzene rings is 2. The normalized spacial score (nSPS) is 13.1. The number of nitrogens with one attached hydrogen (secondary N) is 2. The van der Waals surface area contributed by atoms with Gasteiger partial charge in [0, 0.05) is 11.7 Å². The first-order chi connectivity index (χ1) is 16.8. The molecule has 0 spiro atoms. The third kappa shape index (κ3) is 7.31. The number of alkyl carbamates (subject to hydrolysis) is 1. The molecular formula is C28H39N3O5. The van der Waals surface area contributed by atoms with E-state index in [9.17, 15) is 19.5 Å². The van der Waals surface area contributed by atoms with E-state index in [2.05, 4.69) is 10.6 Å². The summed E-state index contributed by atoms with van der Waals surface area (Å²) >= 11 is 0. The van der Waals surface area contributed by atoms with Crippen LogP contribution in [-0.4, -0.2) is 52.2 Å². The van der Waals surface area contributed by atoms with Gasteiger partial charge in [-0.15, -0.1) is 0 Å². The van der Waals surface area contributed by atoms with Crippen LogP contribution in [-0.2, 0) is 14.3 Å². The number of aliphatic hydroxyl groups is 1. The summed E-state index contributed by atoms with van der Waals surface area (Å²) in [5.74, 6) is -0.983. The average Bonchev–Trinajstić information content (AvgIpc) is 2.76. The van der Waals surface area contributed by atoms with Crippen molar-refractivity contribution < 1.29 is 24.2 Å². The molecule has 0 aliphatic carbocycles. The van der Waals surface area contributed by atoms with Gasteiger partial charge < -0.3 is 25.4 Å². The van der Waals surface area contributed by atoms with Gasteiger partial charge in [-0.25, -0.2) is 4.79 Å². The molecule has 8 nitrogen and oxygen atoms in total. The fraction of sp³-hybridized carbons (Fsp3) is 0.464. The van der Waals surface area contributed by atoms with Crippen LogP contribution in [0.1, 0.15) is 62.9 Å². The highest BCUT2D eigenvalue weighted by molar-refractivity contribution is 6.00. The first-order valence-electron chi connectivity index (χ1n) is 12.1. The van der Waals surface area contributed by atoms with Gasteiger partial charge in [0.15, 0.2) is 0 Å². The number of amides is 3. The SMILES string of the molecule is Cc1ccccc1NC(=O)C(c1c(C)cccc1C)N(C(=O)C(CO)NC(=O)OC(C)(C)C)C(C)C. The van der Waals surface area contributed by atoms with E-state index in [0.717, 1.165) is 16.7 Å². The molecule has 0 radical (unpaired) electrons. The van der Waals surface area contributed by atoms with Crippen molar-refractivity contribution in [3.63, 3.8) is 0 Å². The Kier molecular flexibility index (Phi) is 9.64. The molecule has 0 saturated heterocycles. The topological polar surface area (TPSA) is 108 Å². The van der Waals surface area contributed by atoms with Crippen molar-refractivity contribution in [1.82, 2.24) is 10.2 Å². The standard InChI is InChI=1S/C28H39N3O5/c1-17(2)31(26(34)22(16-32)30-27(35)36-28(6,7)8)24(23-19(4)13-11-14-20(23)5)25(33)29-21-15-10-9-12-18(21)3/h9-15,17,22,24,32H,16H2,1-8H3,(H,29,33)(H,30,35). The molecule has 0 aliphatic heterocycles. The molecule has 0 fully saturated rings. The van der Waals surface area contributed by atoms with Crippen molar-refractivity contribution in [1.29, 1.82) is 0 Å². The largest absolute Gasteiger partial charge is 0.444 e. The second-order valence-electron chi connectivity index (χ2n) is 10.2. The molecule has 2 unspecified atom stereocenters. The third-order valence-corrected chi connectivity index (χ3v) is 5.73. The lowest BCUT2D eigenvalue weighted by molar-refractivity contribution is -0.143. The molecule has 2 rings (SSSR count). The predicted octanol–water partition coefficient (Wildman–Crippen LogP) is 4.41. The number of para-hydroxylation sites is 1. The number of nitrogens with zero attached hydrogens (tertiary/aromatic N) is 1. The zero-order chi connectivity index (χ0) is 27.2. The molecule has 36 heavy (non-hydrogen) atoms. The van der Waals surface area contributed by atoms with Gasteiger partial charge in [-0.1, -0.05) is 36.4 Å². The maximum atomic E-state index is 13.9. The average molecular weight is 498 g/mol. The Morgan fingerprint density at radius 2 is 1.50 bits per heavy atom. The highest BCUT2D eigenvalue weighted by Gasteiger charge is 2.39. The molecule has 2 atom stereocenters. The minimum absolute atomic E-state index is 0.391. The van der Waals surface area contributed by atoms with Crippen LogP contribution < -0.4 is 10.6 Å². The fourth-order valence-electron chi connectivity index (χ4n) is 4.06. The van der Waals surface area contributed by atoms with Gasteiger partial charge in [-0.05, 0) is 83.7 Å². The highest BCUT2D eigenvalue weighted by Crippen LogP contribution is 2.31. The zero-order valence-corrected chi connectivity index (χ0v) is 22.5. The Morgan fingerprint density at radius 3 is 2.00 bits per heavy atom. The van der Waals surface area contributed by atoms with Crippen LogP contribution in [0.5, 0.6) is 0 Å². The fourth-order valence-corrected chi connectivity index (χ4v) is 4.06. The number of carbonyl (C=O) groups is 3. The zero-order valence-electron chi connectivity index (χ0n) is 22.5. The molecule has 3 N–H and O–H groups in total. The Balaban J connectivity index is 2.55. The van der Waals surface area contributed by atoms with Crippen molar-refractivity contribution in [3.8, 4) is 0 Å². The van der Waals surface area contributed by atoms with E-state index in [-0.39, 0.29) is 0 Å². The molecule has 2 aromatic carbocycles. The van der Waals surface area contributed by atoms with Crippen LogP contribution in [0, 0.1) is 20.8 Å². The van der Waals surface area contributed by atoms with Crippen LogP contribution in [0.3, 0.4) is 0 Å².